The fourth-order valence-electron chi connectivity index (χ4n) is 4.61. The first-order valence-electron chi connectivity index (χ1n) is 11.1. The summed E-state index contributed by atoms with van der Waals surface area (Å²) in [6.45, 7) is 4.18. The van der Waals surface area contributed by atoms with Crippen molar-refractivity contribution in [2.45, 2.75) is 42.7 Å². The number of Topliss-reactive ketones (excluding diaryl/α,β-unsaturated/α-hetero) is 1. The van der Waals surface area contributed by atoms with E-state index in [1.807, 2.05) is 42.5 Å². The number of anilines is 2. The Morgan fingerprint density at radius 1 is 1.06 bits per heavy atom. The van der Waals surface area contributed by atoms with E-state index in [4.69, 9.17) is 0 Å². The van der Waals surface area contributed by atoms with Gasteiger partial charge in [0.15, 0.2) is 5.78 Å². The zero-order valence-electron chi connectivity index (χ0n) is 18.9. The number of fused-ring (bicyclic) bond motifs is 1. The number of nitro benzene ring substituents is 1. The van der Waals surface area contributed by atoms with Gasteiger partial charge >= 0.3 is 0 Å². The van der Waals surface area contributed by atoms with Crippen molar-refractivity contribution < 1.29 is 9.72 Å². The van der Waals surface area contributed by atoms with Crippen LogP contribution in [0, 0.1) is 15.5 Å². The van der Waals surface area contributed by atoms with Crippen molar-refractivity contribution in [1.29, 1.82) is 0 Å². The number of pyridine rings is 1. The Balaban J connectivity index is 1.70. The van der Waals surface area contributed by atoms with Gasteiger partial charge in [-0.25, -0.2) is 4.98 Å². The van der Waals surface area contributed by atoms with Crippen LogP contribution in [-0.4, -0.2) is 15.7 Å². The maximum Gasteiger partial charge on any atom is 0.269 e. The molecule has 2 N–H and O–H groups in total. The summed E-state index contributed by atoms with van der Waals surface area (Å²) in [5.74, 6) is 0.0457. The normalized spacial score (nSPS) is 18.8. The molecule has 2 heterocycles. The van der Waals surface area contributed by atoms with E-state index in [2.05, 4.69) is 29.5 Å². The van der Waals surface area contributed by atoms with Gasteiger partial charge in [0.2, 0.25) is 0 Å². The zero-order chi connectivity index (χ0) is 23.9. The lowest BCUT2D eigenvalue weighted by molar-refractivity contribution is -0.385. The lowest BCUT2D eigenvalue weighted by Crippen LogP contribution is -2.31. The molecule has 0 saturated carbocycles. The Bertz CT molecular complexity index is 1320. The summed E-state index contributed by atoms with van der Waals surface area (Å²) in [7, 11) is 0. The van der Waals surface area contributed by atoms with Crippen LogP contribution in [0.1, 0.15) is 38.3 Å². The van der Waals surface area contributed by atoms with E-state index < -0.39 is 11.0 Å². The van der Waals surface area contributed by atoms with Crippen LogP contribution in [0.4, 0.5) is 17.1 Å². The number of para-hydroxylation sites is 2. The molecular weight excluding hydrogens is 448 g/mol. The van der Waals surface area contributed by atoms with Crippen LogP contribution in [-0.2, 0) is 4.79 Å². The number of rotatable bonds is 4. The molecule has 2 aromatic carbocycles. The van der Waals surface area contributed by atoms with Gasteiger partial charge in [-0.3, -0.25) is 14.9 Å². The SMILES string of the molecule is CC1(C)CC(=O)C2=C(C1)Nc1ccccc1NC2c1cc([N+](=O)[O-])ccc1Sc1ccccn1. The van der Waals surface area contributed by atoms with Crippen LogP contribution < -0.4 is 10.6 Å². The maximum absolute atomic E-state index is 13.5. The highest BCUT2D eigenvalue weighted by Crippen LogP contribution is 2.47. The topological polar surface area (TPSA) is 97.2 Å². The van der Waals surface area contributed by atoms with Crippen LogP contribution in [0.15, 0.2) is 88.1 Å². The van der Waals surface area contributed by atoms with Gasteiger partial charge in [0.1, 0.15) is 5.03 Å². The number of carbonyl (C=O) groups is 1. The van der Waals surface area contributed by atoms with Gasteiger partial charge in [0.05, 0.1) is 22.3 Å². The van der Waals surface area contributed by atoms with E-state index in [0.29, 0.717) is 24.0 Å². The third-order valence-electron chi connectivity index (χ3n) is 6.09. The van der Waals surface area contributed by atoms with Crippen LogP contribution in [0.3, 0.4) is 0 Å². The molecule has 3 aromatic rings. The lowest BCUT2D eigenvalue weighted by Gasteiger charge is -2.34. The van der Waals surface area contributed by atoms with E-state index in [1.165, 1.54) is 17.8 Å². The van der Waals surface area contributed by atoms with Crippen LogP contribution in [0.25, 0.3) is 0 Å². The van der Waals surface area contributed by atoms with Crippen molar-refractivity contribution in [3.63, 3.8) is 0 Å². The molecule has 172 valence electrons. The largest absolute Gasteiger partial charge is 0.372 e. The molecule has 0 fully saturated rings. The summed E-state index contributed by atoms with van der Waals surface area (Å²) in [6.07, 6.45) is 2.84. The molecule has 1 aromatic heterocycles. The van der Waals surface area contributed by atoms with Gasteiger partial charge in [-0.15, -0.1) is 0 Å². The van der Waals surface area contributed by atoms with Gasteiger partial charge < -0.3 is 10.6 Å². The minimum atomic E-state index is -0.541. The zero-order valence-corrected chi connectivity index (χ0v) is 19.7. The number of hydrogen-bond donors (Lipinski definition) is 2. The Hall–Kier alpha value is -3.65. The smallest absolute Gasteiger partial charge is 0.269 e. The predicted molar refractivity (Wildman–Crippen MR) is 133 cm³/mol. The maximum atomic E-state index is 13.5. The lowest BCUT2D eigenvalue weighted by atomic mass is 9.73. The molecule has 34 heavy (non-hydrogen) atoms. The van der Waals surface area contributed by atoms with Crippen molar-refractivity contribution in [2.75, 3.05) is 10.6 Å². The number of nitrogens with zero attached hydrogens (tertiary/aromatic N) is 2. The van der Waals surface area contributed by atoms with Crippen molar-refractivity contribution in [3.05, 3.63) is 93.8 Å². The average Bonchev–Trinajstić information content (AvgIpc) is 2.95. The highest BCUT2D eigenvalue weighted by molar-refractivity contribution is 7.99. The number of ketones is 1. The molecule has 0 amide bonds. The molecule has 0 saturated heterocycles. The molecule has 7 nitrogen and oxygen atoms in total. The van der Waals surface area contributed by atoms with E-state index in [9.17, 15) is 14.9 Å². The fraction of sp³-hybridized carbons (Fsp3) is 0.231. The third kappa shape index (κ3) is 4.28. The van der Waals surface area contributed by atoms with Crippen molar-refractivity contribution in [2.24, 2.45) is 5.41 Å². The van der Waals surface area contributed by atoms with Crippen LogP contribution in [0.5, 0.6) is 0 Å². The second kappa shape index (κ2) is 8.61. The number of nitro groups is 1. The summed E-state index contributed by atoms with van der Waals surface area (Å²) in [4.78, 5) is 30.0. The fourth-order valence-corrected chi connectivity index (χ4v) is 5.53. The highest BCUT2D eigenvalue weighted by atomic mass is 32.2. The highest BCUT2D eigenvalue weighted by Gasteiger charge is 2.39. The van der Waals surface area contributed by atoms with Gasteiger partial charge in [-0.05, 0) is 47.7 Å². The standard InChI is InChI=1S/C26H24N4O3S/c1-26(2)14-20-24(21(31)15-26)25(29-19-8-4-3-7-18(19)28-20)17-13-16(30(32)33)10-11-22(17)34-23-9-5-6-12-27-23/h3-13,25,28-29H,14-15H2,1-2H3. The molecule has 1 aliphatic heterocycles. The molecule has 0 bridgehead atoms. The monoisotopic (exact) mass is 472 g/mol. The molecule has 2 aliphatic rings. The summed E-state index contributed by atoms with van der Waals surface area (Å²) in [6, 6.07) is 17.7. The van der Waals surface area contributed by atoms with E-state index in [-0.39, 0.29) is 16.9 Å². The van der Waals surface area contributed by atoms with E-state index >= 15 is 0 Å². The molecule has 1 aliphatic carbocycles. The van der Waals surface area contributed by atoms with Crippen molar-refractivity contribution in [1.82, 2.24) is 4.98 Å². The molecule has 1 atom stereocenters. The predicted octanol–water partition coefficient (Wildman–Crippen LogP) is 6.36. The van der Waals surface area contributed by atoms with Crippen LogP contribution in [0.2, 0.25) is 0 Å². The summed E-state index contributed by atoms with van der Waals surface area (Å²) in [5, 5.41) is 19.5. The first kappa shape index (κ1) is 22.2. The number of hydrogen-bond acceptors (Lipinski definition) is 7. The number of allylic oxidation sites excluding steroid dienone is 1. The van der Waals surface area contributed by atoms with Crippen molar-refractivity contribution >= 4 is 34.6 Å². The van der Waals surface area contributed by atoms with Gasteiger partial charge in [-0.1, -0.05) is 43.8 Å². The molecular formula is C26H24N4O3S. The summed E-state index contributed by atoms with van der Waals surface area (Å²) >= 11 is 1.43. The van der Waals surface area contributed by atoms with Crippen LogP contribution >= 0.6 is 11.8 Å². The van der Waals surface area contributed by atoms with Gasteiger partial charge in [0, 0.05) is 40.9 Å². The Labute approximate surface area is 201 Å². The average molecular weight is 473 g/mol. The number of nitrogens with one attached hydrogen (secondary N) is 2. The third-order valence-corrected chi connectivity index (χ3v) is 7.13. The molecule has 8 heteroatoms. The first-order valence-corrected chi connectivity index (χ1v) is 11.9. The number of carbonyl (C=O) groups excluding carboxylic acids is 1. The Morgan fingerprint density at radius 2 is 1.82 bits per heavy atom. The minimum Gasteiger partial charge on any atom is -0.372 e. The minimum absolute atomic E-state index is 0.0154. The number of benzene rings is 2. The van der Waals surface area contributed by atoms with E-state index in [0.717, 1.165) is 27.0 Å². The second-order valence-corrected chi connectivity index (χ2v) is 10.4. The Morgan fingerprint density at radius 3 is 2.56 bits per heavy atom. The second-order valence-electron chi connectivity index (χ2n) is 9.33. The molecule has 0 spiro atoms. The number of non-ortho nitro benzene ring substituents is 1. The quantitative estimate of drug-likeness (QED) is 0.337. The summed E-state index contributed by atoms with van der Waals surface area (Å²) in [5.41, 5.74) is 3.71. The Kier molecular flexibility index (Phi) is 5.61. The molecule has 1 unspecified atom stereocenters. The van der Waals surface area contributed by atoms with E-state index in [1.54, 1.807) is 18.3 Å². The van der Waals surface area contributed by atoms with Crippen molar-refractivity contribution in [3.8, 4) is 0 Å². The number of aromatic nitrogens is 1. The molecule has 5 rings (SSSR count). The molecule has 0 radical (unpaired) electrons. The van der Waals surface area contributed by atoms with Gasteiger partial charge in [0.25, 0.3) is 5.69 Å². The summed E-state index contributed by atoms with van der Waals surface area (Å²) < 4.78 is 0. The first-order chi connectivity index (χ1) is 16.3. The van der Waals surface area contributed by atoms with Gasteiger partial charge in [-0.2, -0.15) is 0 Å².